The summed E-state index contributed by atoms with van der Waals surface area (Å²) in [6, 6.07) is 12.6. The SMILES string of the molecule is CC[C@H](NP(=O)(Oc1ccccc1)Oc1ccc([N+](=O)[O-])cc1)C(=O)OC1CCCCC1. The number of benzene rings is 2. The highest BCUT2D eigenvalue weighted by Crippen LogP contribution is 2.45. The second-order valence-electron chi connectivity index (χ2n) is 7.53. The van der Waals surface area contributed by atoms with Gasteiger partial charge in [-0.25, -0.2) is 4.57 Å². The number of nitro groups is 1. The van der Waals surface area contributed by atoms with Gasteiger partial charge in [0.15, 0.2) is 0 Å². The molecule has 0 radical (unpaired) electrons. The van der Waals surface area contributed by atoms with Gasteiger partial charge in [0.25, 0.3) is 5.69 Å². The van der Waals surface area contributed by atoms with Gasteiger partial charge in [-0.2, -0.15) is 5.09 Å². The van der Waals surface area contributed by atoms with Crippen molar-refractivity contribution in [3.63, 3.8) is 0 Å². The van der Waals surface area contributed by atoms with Crippen molar-refractivity contribution in [2.24, 2.45) is 0 Å². The number of non-ortho nitro benzene ring substituents is 1. The summed E-state index contributed by atoms with van der Waals surface area (Å²) < 4.78 is 30.5. The number of rotatable bonds is 10. The lowest BCUT2D eigenvalue weighted by Gasteiger charge is -2.27. The Labute approximate surface area is 186 Å². The second kappa shape index (κ2) is 11.1. The lowest BCUT2D eigenvalue weighted by atomic mass is 9.98. The molecule has 0 spiro atoms. The molecular formula is C22H27N2O7P. The van der Waals surface area contributed by atoms with Crippen molar-refractivity contribution >= 4 is 19.4 Å². The van der Waals surface area contributed by atoms with Gasteiger partial charge in [0.1, 0.15) is 23.6 Å². The Morgan fingerprint density at radius 1 is 1.06 bits per heavy atom. The van der Waals surface area contributed by atoms with E-state index in [0.717, 1.165) is 32.1 Å². The molecule has 0 aliphatic heterocycles. The van der Waals surface area contributed by atoms with E-state index in [2.05, 4.69) is 5.09 Å². The molecular weight excluding hydrogens is 435 g/mol. The number of ether oxygens (including phenoxy) is 1. The number of hydrogen-bond acceptors (Lipinski definition) is 7. The third kappa shape index (κ3) is 6.80. The minimum atomic E-state index is -4.10. The highest BCUT2D eigenvalue weighted by Gasteiger charge is 2.36. The lowest BCUT2D eigenvalue weighted by Crippen LogP contribution is -2.39. The summed E-state index contributed by atoms with van der Waals surface area (Å²) >= 11 is 0. The van der Waals surface area contributed by atoms with Crippen LogP contribution in [-0.2, 0) is 14.1 Å². The van der Waals surface area contributed by atoms with E-state index in [1.165, 1.54) is 24.3 Å². The first-order valence-electron chi connectivity index (χ1n) is 10.7. The third-order valence-corrected chi connectivity index (χ3v) is 6.61. The molecule has 172 valence electrons. The van der Waals surface area contributed by atoms with Crippen LogP contribution >= 0.6 is 7.75 Å². The Bertz CT molecular complexity index is 947. The van der Waals surface area contributed by atoms with Crippen molar-refractivity contribution in [3.05, 3.63) is 64.7 Å². The Hall–Kier alpha value is -2.90. The normalized spacial score (nSPS) is 17.0. The van der Waals surface area contributed by atoms with Gasteiger partial charge in [0, 0.05) is 12.1 Å². The largest absolute Gasteiger partial charge is 0.513 e. The van der Waals surface area contributed by atoms with Crippen LogP contribution < -0.4 is 14.1 Å². The molecule has 0 heterocycles. The Morgan fingerprint density at radius 3 is 2.22 bits per heavy atom. The molecule has 9 nitrogen and oxygen atoms in total. The van der Waals surface area contributed by atoms with E-state index >= 15 is 0 Å². The van der Waals surface area contributed by atoms with Crippen LogP contribution in [0.3, 0.4) is 0 Å². The van der Waals surface area contributed by atoms with Gasteiger partial charge in [-0.05, 0) is 56.4 Å². The quantitative estimate of drug-likeness (QED) is 0.216. The summed E-state index contributed by atoms with van der Waals surface area (Å²) in [6.07, 6.45) is 4.96. The number of nitrogens with one attached hydrogen (secondary N) is 1. The fourth-order valence-electron chi connectivity index (χ4n) is 3.39. The van der Waals surface area contributed by atoms with E-state index in [4.69, 9.17) is 13.8 Å². The summed E-state index contributed by atoms with van der Waals surface area (Å²) in [5.41, 5.74) is -0.133. The van der Waals surface area contributed by atoms with E-state index in [1.54, 1.807) is 37.3 Å². The molecule has 2 aromatic rings. The summed E-state index contributed by atoms with van der Waals surface area (Å²) in [5.74, 6) is -0.137. The second-order valence-corrected chi connectivity index (χ2v) is 9.15. The van der Waals surface area contributed by atoms with Crippen LogP contribution in [0.2, 0.25) is 0 Å². The molecule has 0 bridgehead atoms. The molecule has 2 atom stereocenters. The van der Waals surface area contributed by atoms with Gasteiger partial charge in [-0.3, -0.25) is 14.9 Å². The zero-order valence-corrected chi connectivity index (χ0v) is 18.7. The molecule has 1 saturated carbocycles. The summed E-state index contributed by atoms with van der Waals surface area (Å²) in [6.45, 7) is 1.76. The van der Waals surface area contributed by atoms with Crippen LogP contribution in [-0.4, -0.2) is 23.0 Å². The van der Waals surface area contributed by atoms with Crippen molar-refractivity contribution < 1.29 is 28.1 Å². The van der Waals surface area contributed by atoms with E-state index < -0.39 is 24.7 Å². The van der Waals surface area contributed by atoms with Crippen molar-refractivity contribution in [3.8, 4) is 11.5 Å². The molecule has 0 aromatic heterocycles. The maximum Gasteiger partial charge on any atom is 0.513 e. The average Bonchev–Trinajstić information content (AvgIpc) is 2.79. The first-order chi connectivity index (χ1) is 15.4. The van der Waals surface area contributed by atoms with Crippen LogP contribution in [0.1, 0.15) is 45.4 Å². The van der Waals surface area contributed by atoms with Crippen molar-refractivity contribution in [1.82, 2.24) is 5.09 Å². The number of hydrogen-bond donors (Lipinski definition) is 1. The van der Waals surface area contributed by atoms with Gasteiger partial charge < -0.3 is 13.8 Å². The molecule has 3 rings (SSSR count). The van der Waals surface area contributed by atoms with Crippen molar-refractivity contribution in [1.29, 1.82) is 0 Å². The maximum absolute atomic E-state index is 13.6. The molecule has 32 heavy (non-hydrogen) atoms. The highest BCUT2D eigenvalue weighted by molar-refractivity contribution is 7.52. The van der Waals surface area contributed by atoms with E-state index in [9.17, 15) is 19.5 Å². The van der Waals surface area contributed by atoms with Gasteiger partial charge in [0.05, 0.1) is 4.92 Å². The molecule has 1 aliphatic carbocycles. The van der Waals surface area contributed by atoms with Crippen LogP contribution in [0.25, 0.3) is 0 Å². The maximum atomic E-state index is 13.6. The monoisotopic (exact) mass is 462 g/mol. The minimum absolute atomic E-state index is 0.0952. The van der Waals surface area contributed by atoms with Crippen LogP contribution in [0.15, 0.2) is 54.6 Å². The molecule has 0 amide bonds. The topological polar surface area (TPSA) is 117 Å². The Morgan fingerprint density at radius 2 is 1.66 bits per heavy atom. The van der Waals surface area contributed by atoms with Gasteiger partial charge in [-0.15, -0.1) is 0 Å². The molecule has 1 N–H and O–H groups in total. The van der Waals surface area contributed by atoms with Crippen LogP contribution in [0, 0.1) is 10.1 Å². The number of nitrogens with zero attached hydrogens (tertiary/aromatic N) is 1. The van der Waals surface area contributed by atoms with Gasteiger partial charge in [0.2, 0.25) is 0 Å². The number of esters is 1. The molecule has 1 unspecified atom stereocenters. The fourth-order valence-corrected chi connectivity index (χ4v) is 5.00. The first kappa shape index (κ1) is 23.8. The predicted molar refractivity (Wildman–Crippen MR) is 119 cm³/mol. The summed E-state index contributed by atoms with van der Waals surface area (Å²) in [4.78, 5) is 23.1. The summed E-state index contributed by atoms with van der Waals surface area (Å²) in [5, 5.41) is 13.6. The van der Waals surface area contributed by atoms with Crippen molar-refractivity contribution in [2.45, 2.75) is 57.6 Å². The van der Waals surface area contributed by atoms with E-state index in [1.807, 2.05) is 0 Å². The molecule has 1 fully saturated rings. The molecule has 1 aliphatic rings. The van der Waals surface area contributed by atoms with Gasteiger partial charge >= 0.3 is 13.7 Å². The Balaban J connectivity index is 1.77. The number of nitro benzene ring substituents is 1. The first-order valence-corrected chi connectivity index (χ1v) is 12.2. The summed E-state index contributed by atoms with van der Waals surface area (Å²) in [7, 11) is -4.10. The lowest BCUT2D eigenvalue weighted by molar-refractivity contribution is -0.384. The number of carbonyl (C=O) groups is 1. The van der Waals surface area contributed by atoms with Gasteiger partial charge in [-0.1, -0.05) is 31.5 Å². The number of para-hydroxylation sites is 1. The van der Waals surface area contributed by atoms with E-state index in [-0.39, 0.29) is 23.3 Å². The van der Waals surface area contributed by atoms with Crippen LogP contribution in [0.5, 0.6) is 11.5 Å². The smallest absolute Gasteiger partial charge is 0.461 e. The zero-order valence-electron chi connectivity index (χ0n) is 17.8. The fraction of sp³-hybridized carbons (Fsp3) is 0.409. The molecule has 10 heteroatoms. The van der Waals surface area contributed by atoms with Crippen molar-refractivity contribution in [2.75, 3.05) is 0 Å². The standard InChI is InChI=1S/C22H27N2O7P/c1-2-21(22(25)29-18-9-5-3-6-10-18)23-32(28,30-19-11-7-4-8-12-19)31-20-15-13-17(14-16-20)24(26)27/h4,7-8,11-16,18,21H,2-3,5-6,9-10H2,1H3,(H,23,28)/t21-,32?/m0/s1. The average molecular weight is 462 g/mol. The predicted octanol–water partition coefficient (Wildman–Crippen LogP) is 5.40. The number of carbonyl (C=O) groups excluding carboxylic acids is 1. The minimum Gasteiger partial charge on any atom is -0.461 e. The van der Waals surface area contributed by atoms with Crippen LogP contribution in [0.4, 0.5) is 5.69 Å². The third-order valence-electron chi connectivity index (χ3n) is 5.08. The zero-order chi connectivity index (χ0) is 23.0. The molecule has 2 aromatic carbocycles. The highest BCUT2D eigenvalue weighted by atomic mass is 31.2. The molecule has 0 saturated heterocycles. The van der Waals surface area contributed by atoms with E-state index in [0.29, 0.717) is 6.42 Å². The Kier molecular flexibility index (Phi) is 8.25.